The summed E-state index contributed by atoms with van der Waals surface area (Å²) in [7, 11) is 2.05. The van der Waals surface area contributed by atoms with E-state index in [9.17, 15) is 9.59 Å². The second kappa shape index (κ2) is 5.80. The molecular weight excluding hydrogens is 276 g/mol. The van der Waals surface area contributed by atoms with Gasteiger partial charge < -0.3 is 21.7 Å². The van der Waals surface area contributed by atoms with Gasteiger partial charge in [0, 0.05) is 19.0 Å². The van der Waals surface area contributed by atoms with Gasteiger partial charge in [0.25, 0.3) is 5.91 Å². The van der Waals surface area contributed by atoms with E-state index < -0.39 is 5.91 Å². The average Bonchev–Trinajstić information content (AvgIpc) is 2.93. The first-order valence-corrected chi connectivity index (χ1v) is 7.46. The van der Waals surface area contributed by atoms with E-state index in [1.165, 1.54) is 11.3 Å². The quantitative estimate of drug-likeness (QED) is 0.707. The van der Waals surface area contributed by atoms with Gasteiger partial charge in [0.1, 0.15) is 5.00 Å². The van der Waals surface area contributed by atoms with Crippen molar-refractivity contribution >= 4 is 33.7 Å². The van der Waals surface area contributed by atoms with Gasteiger partial charge in [-0.15, -0.1) is 11.3 Å². The third-order valence-electron chi connectivity index (χ3n) is 3.49. The van der Waals surface area contributed by atoms with Gasteiger partial charge in [0.2, 0.25) is 0 Å². The predicted molar refractivity (Wildman–Crippen MR) is 81.4 cm³/mol. The summed E-state index contributed by atoms with van der Waals surface area (Å²) >= 11 is 1.23. The lowest BCUT2D eigenvalue weighted by Gasteiger charge is -2.13. The number of likely N-dealkylation sites (N-methyl/N-ethyl adjacent to an activating group) is 1. The molecule has 1 atom stereocenters. The molecule has 0 radical (unpaired) electrons. The number of Topliss-reactive ketones (excluding diaryl/α,β-unsaturated/α-hetero) is 1. The zero-order chi connectivity index (χ0) is 14.9. The van der Waals surface area contributed by atoms with E-state index in [2.05, 4.69) is 10.2 Å². The molecule has 0 aliphatic carbocycles. The van der Waals surface area contributed by atoms with Gasteiger partial charge in [-0.05, 0) is 20.0 Å². The molecule has 0 bridgehead atoms. The number of carbonyl (C=O) groups excluding carboxylic acids is 2. The normalized spacial score (nSPS) is 19.2. The molecule has 1 aromatic rings. The van der Waals surface area contributed by atoms with Crippen LogP contribution in [0.3, 0.4) is 0 Å². The molecule has 1 amide bonds. The number of anilines is 2. The van der Waals surface area contributed by atoms with E-state index in [-0.39, 0.29) is 23.1 Å². The summed E-state index contributed by atoms with van der Waals surface area (Å²) in [5.74, 6) is -0.658. The molecule has 7 heteroatoms. The molecule has 0 saturated carbocycles. The number of thiophene rings is 1. The maximum atomic E-state index is 11.9. The second-order valence-corrected chi connectivity index (χ2v) is 6.10. The highest BCUT2D eigenvalue weighted by Crippen LogP contribution is 2.37. The van der Waals surface area contributed by atoms with Crippen LogP contribution in [-0.4, -0.2) is 42.8 Å². The number of amides is 1. The summed E-state index contributed by atoms with van der Waals surface area (Å²) in [6.45, 7) is 3.67. The Kier molecular flexibility index (Phi) is 4.29. The maximum absolute atomic E-state index is 11.9. The number of primary amides is 1. The molecule has 2 rings (SSSR count). The largest absolute Gasteiger partial charge is 0.397 e. The van der Waals surface area contributed by atoms with Gasteiger partial charge in [0.15, 0.2) is 5.78 Å². The molecule has 1 aromatic heterocycles. The lowest BCUT2D eigenvalue weighted by atomic mass is 10.1. The SMILES string of the molecule is CCC(=O)c1sc(NC2CCN(C)C2)c(C(N)=O)c1N. The number of ketones is 1. The van der Waals surface area contributed by atoms with Gasteiger partial charge in [-0.25, -0.2) is 0 Å². The van der Waals surface area contributed by atoms with E-state index in [0.717, 1.165) is 19.5 Å². The fourth-order valence-corrected chi connectivity index (χ4v) is 3.61. The van der Waals surface area contributed by atoms with Crippen molar-refractivity contribution in [3.8, 4) is 0 Å². The van der Waals surface area contributed by atoms with Crippen molar-refractivity contribution in [1.29, 1.82) is 0 Å². The summed E-state index contributed by atoms with van der Waals surface area (Å²) in [4.78, 5) is 26.1. The number of rotatable bonds is 5. The number of likely N-dealkylation sites (tertiary alicyclic amines) is 1. The Balaban J connectivity index is 2.31. The maximum Gasteiger partial charge on any atom is 0.253 e. The smallest absolute Gasteiger partial charge is 0.253 e. The van der Waals surface area contributed by atoms with Crippen LogP contribution in [0.1, 0.15) is 39.8 Å². The topological polar surface area (TPSA) is 101 Å². The van der Waals surface area contributed by atoms with E-state index in [0.29, 0.717) is 16.3 Å². The van der Waals surface area contributed by atoms with Crippen molar-refractivity contribution in [3.63, 3.8) is 0 Å². The fourth-order valence-electron chi connectivity index (χ4n) is 2.40. The highest BCUT2D eigenvalue weighted by Gasteiger charge is 2.26. The Morgan fingerprint density at radius 1 is 1.50 bits per heavy atom. The first-order valence-electron chi connectivity index (χ1n) is 6.64. The molecule has 1 aliphatic heterocycles. The van der Waals surface area contributed by atoms with Crippen molar-refractivity contribution in [2.24, 2.45) is 5.73 Å². The van der Waals surface area contributed by atoms with E-state index in [1.54, 1.807) is 6.92 Å². The van der Waals surface area contributed by atoms with Crippen LogP contribution in [0.2, 0.25) is 0 Å². The molecule has 1 saturated heterocycles. The lowest BCUT2D eigenvalue weighted by molar-refractivity contribution is 0.0991. The number of nitrogen functional groups attached to an aromatic ring is 1. The highest BCUT2D eigenvalue weighted by molar-refractivity contribution is 7.19. The van der Waals surface area contributed by atoms with E-state index >= 15 is 0 Å². The highest BCUT2D eigenvalue weighted by atomic mass is 32.1. The molecule has 1 aliphatic rings. The molecule has 20 heavy (non-hydrogen) atoms. The van der Waals surface area contributed by atoms with E-state index in [1.807, 2.05) is 7.05 Å². The standard InChI is InChI=1S/C13H20N4O2S/c1-3-8(18)11-10(14)9(12(15)19)13(20-11)16-7-4-5-17(2)6-7/h7,16H,3-6,14H2,1-2H3,(H2,15,19). The minimum Gasteiger partial charge on any atom is -0.397 e. The molecule has 1 fully saturated rings. The summed E-state index contributed by atoms with van der Waals surface area (Å²) in [6, 6.07) is 0.251. The summed E-state index contributed by atoms with van der Waals surface area (Å²) in [6.07, 6.45) is 1.35. The molecule has 2 heterocycles. The van der Waals surface area contributed by atoms with Crippen LogP contribution in [0.15, 0.2) is 0 Å². The molecule has 6 nitrogen and oxygen atoms in total. The summed E-state index contributed by atoms with van der Waals surface area (Å²) < 4.78 is 0. The third kappa shape index (κ3) is 2.78. The number of carbonyl (C=O) groups is 2. The van der Waals surface area contributed by atoms with Crippen molar-refractivity contribution in [1.82, 2.24) is 4.90 Å². The molecule has 5 N–H and O–H groups in total. The Hall–Kier alpha value is -1.60. The molecule has 0 aromatic carbocycles. The van der Waals surface area contributed by atoms with Crippen LogP contribution in [0.25, 0.3) is 0 Å². The van der Waals surface area contributed by atoms with Gasteiger partial charge in [-0.2, -0.15) is 0 Å². The summed E-state index contributed by atoms with van der Waals surface area (Å²) in [5, 5.41) is 3.92. The molecular formula is C13H20N4O2S. The fraction of sp³-hybridized carbons (Fsp3) is 0.538. The van der Waals surface area contributed by atoms with Crippen LogP contribution in [-0.2, 0) is 0 Å². The van der Waals surface area contributed by atoms with Gasteiger partial charge in [-0.1, -0.05) is 6.92 Å². The zero-order valence-electron chi connectivity index (χ0n) is 11.7. The second-order valence-electron chi connectivity index (χ2n) is 5.08. The monoisotopic (exact) mass is 296 g/mol. The van der Waals surface area contributed by atoms with Crippen LogP contribution in [0.4, 0.5) is 10.7 Å². The average molecular weight is 296 g/mol. The van der Waals surface area contributed by atoms with Crippen LogP contribution in [0.5, 0.6) is 0 Å². The summed E-state index contributed by atoms with van der Waals surface area (Å²) in [5.41, 5.74) is 11.8. The number of nitrogens with zero attached hydrogens (tertiary/aromatic N) is 1. The Morgan fingerprint density at radius 3 is 2.70 bits per heavy atom. The van der Waals surface area contributed by atoms with Gasteiger partial charge >= 0.3 is 0 Å². The van der Waals surface area contributed by atoms with Crippen molar-refractivity contribution < 1.29 is 9.59 Å². The minimum atomic E-state index is -0.595. The Labute approximate surface area is 122 Å². The van der Waals surface area contributed by atoms with Crippen molar-refractivity contribution in [3.05, 3.63) is 10.4 Å². The first kappa shape index (κ1) is 14.8. The predicted octanol–water partition coefficient (Wildman–Crippen LogP) is 1.14. The molecule has 0 spiro atoms. The van der Waals surface area contributed by atoms with E-state index in [4.69, 9.17) is 11.5 Å². The number of nitrogens with one attached hydrogen (secondary N) is 1. The van der Waals surface area contributed by atoms with Crippen molar-refractivity contribution in [2.75, 3.05) is 31.2 Å². The number of hydrogen-bond acceptors (Lipinski definition) is 6. The first-order chi connectivity index (χ1) is 9.43. The van der Waals surface area contributed by atoms with Crippen LogP contribution >= 0.6 is 11.3 Å². The van der Waals surface area contributed by atoms with Crippen LogP contribution in [0, 0.1) is 0 Å². The Morgan fingerprint density at radius 2 is 2.20 bits per heavy atom. The number of nitrogens with two attached hydrogens (primary N) is 2. The van der Waals surface area contributed by atoms with Crippen molar-refractivity contribution in [2.45, 2.75) is 25.8 Å². The Bertz CT molecular complexity index is 541. The molecule has 1 unspecified atom stereocenters. The molecule has 110 valence electrons. The zero-order valence-corrected chi connectivity index (χ0v) is 12.5. The van der Waals surface area contributed by atoms with Crippen LogP contribution < -0.4 is 16.8 Å². The lowest BCUT2D eigenvalue weighted by Crippen LogP contribution is -2.24. The third-order valence-corrected chi connectivity index (χ3v) is 4.67. The van der Waals surface area contributed by atoms with Gasteiger partial charge in [0.05, 0.1) is 16.1 Å². The number of hydrogen-bond donors (Lipinski definition) is 3. The minimum absolute atomic E-state index is 0.0633. The van der Waals surface area contributed by atoms with Gasteiger partial charge in [-0.3, -0.25) is 9.59 Å².